The van der Waals surface area contributed by atoms with Crippen LogP contribution in [-0.4, -0.2) is 24.2 Å². The highest BCUT2D eigenvalue weighted by Crippen LogP contribution is 2.21. The van der Waals surface area contributed by atoms with Crippen LogP contribution >= 0.6 is 11.7 Å². The second kappa shape index (κ2) is 7.16. The van der Waals surface area contributed by atoms with Gasteiger partial charge in [-0.3, -0.25) is 14.2 Å². The summed E-state index contributed by atoms with van der Waals surface area (Å²) < 4.78 is 22.9. The van der Waals surface area contributed by atoms with Gasteiger partial charge in [0.05, 0.1) is 24.0 Å². The highest BCUT2D eigenvalue weighted by molar-refractivity contribution is 7.00. The highest BCUT2D eigenvalue weighted by atomic mass is 32.1. The zero-order valence-electron chi connectivity index (χ0n) is 14.2. The lowest BCUT2D eigenvalue weighted by Crippen LogP contribution is -2.39. The number of H-pyrrole nitrogens is 1. The molecule has 2 N–H and O–H groups in total. The Hall–Kier alpha value is -3.66. The van der Waals surface area contributed by atoms with Gasteiger partial charge in [0.25, 0.3) is 11.5 Å². The summed E-state index contributed by atoms with van der Waals surface area (Å²) in [4.78, 5) is 39.7. The number of aromatic amines is 1. The van der Waals surface area contributed by atoms with Gasteiger partial charge in [0.2, 0.25) is 0 Å². The van der Waals surface area contributed by atoms with Gasteiger partial charge in [0.1, 0.15) is 22.4 Å². The Morgan fingerprint density at radius 1 is 1.14 bits per heavy atom. The number of amides is 1. The molecule has 0 atom stereocenters. The average Bonchev–Trinajstić information content (AvgIpc) is 3.16. The topological polar surface area (TPSA) is 110 Å². The van der Waals surface area contributed by atoms with Crippen molar-refractivity contribution in [1.82, 2.24) is 18.3 Å². The number of fused-ring (bicyclic) bond motifs is 1. The van der Waals surface area contributed by atoms with E-state index < -0.39 is 23.0 Å². The summed E-state index contributed by atoms with van der Waals surface area (Å²) in [7, 11) is 0. The lowest BCUT2D eigenvalue weighted by atomic mass is 10.2. The molecule has 0 bridgehead atoms. The number of rotatable bonds is 4. The average molecular weight is 397 g/mol. The van der Waals surface area contributed by atoms with Gasteiger partial charge < -0.3 is 10.3 Å². The second-order valence-corrected chi connectivity index (χ2v) is 6.41. The number of hydrogen-bond donors (Lipinski definition) is 2. The number of aromatic nitrogens is 4. The molecule has 28 heavy (non-hydrogen) atoms. The molecule has 0 aliphatic rings. The summed E-state index contributed by atoms with van der Waals surface area (Å²) in [6.45, 7) is -0.298. The van der Waals surface area contributed by atoms with Gasteiger partial charge in [-0.15, -0.1) is 0 Å². The number of anilines is 1. The fourth-order valence-electron chi connectivity index (χ4n) is 2.71. The van der Waals surface area contributed by atoms with Crippen molar-refractivity contribution in [3.05, 3.63) is 86.4 Å². The third kappa shape index (κ3) is 3.21. The van der Waals surface area contributed by atoms with Gasteiger partial charge in [0, 0.05) is 11.8 Å². The molecule has 0 saturated heterocycles. The van der Waals surface area contributed by atoms with E-state index in [4.69, 9.17) is 0 Å². The summed E-state index contributed by atoms with van der Waals surface area (Å²) in [5.74, 6) is -1.27. The van der Waals surface area contributed by atoms with E-state index in [9.17, 15) is 18.8 Å². The number of halogens is 1. The van der Waals surface area contributed by atoms with Gasteiger partial charge in [-0.1, -0.05) is 24.3 Å². The van der Waals surface area contributed by atoms with E-state index in [1.165, 1.54) is 18.2 Å². The standard InChI is InChI=1S/C18H12FN5O3S/c19-12-5-2-1-4-10(12)9-24-17(26)11(8-20-18(24)27)16(25)21-13-6-3-7-14-15(13)23-28-22-14/h1-8H,9H2,(H,20,27)(H,21,25). The Labute approximate surface area is 160 Å². The van der Waals surface area contributed by atoms with E-state index in [1.54, 1.807) is 24.3 Å². The Morgan fingerprint density at radius 3 is 2.79 bits per heavy atom. The predicted molar refractivity (Wildman–Crippen MR) is 102 cm³/mol. The van der Waals surface area contributed by atoms with Crippen molar-refractivity contribution in [3.8, 4) is 0 Å². The molecule has 2 aromatic carbocycles. The Morgan fingerprint density at radius 2 is 1.96 bits per heavy atom. The fraction of sp³-hybridized carbons (Fsp3) is 0.0556. The molecule has 10 heteroatoms. The van der Waals surface area contributed by atoms with E-state index in [0.29, 0.717) is 16.7 Å². The first kappa shape index (κ1) is 17.7. The third-order valence-corrected chi connectivity index (χ3v) is 4.67. The molecule has 0 unspecified atom stereocenters. The number of hydrogen-bond acceptors (Lipinski definition) is 6. The minimum atomic E-state index is -0.826. The van der Waals surface area contributed by atoms with Crippen molar-refractivity contribution in [1.29, 1.82) is 0 Å². The lowest BCUT2D eigenvalue weighted by Gasteiger charge is -2.09. The molecule has 2 heterocycles. The van der Waals surface area contributed by atoms with Gasteiger partial charge in [-0.2, -0.15) is 8.75 Å². The quantitative estimate of drug-likeness (QED) is 0.547. The maximum absolute atomic E-state index is 13.9. The van der Waals surface area contributed by atoms with Crippen molar-refractivity contribution >= 4 is 34.4 Å². The molecule has 0 saturated carbocycles. The van der Waals surface area contributed by atoms with Crippen molar-refractivity contribution in [2.24, 2.45) is 0 Å². The fourth-order valence-corrected chi connectivity index (χ4v) is 3.26. The maximum Gasteiger partial charge on any atom is 0.328 e. The van der Waals surface area contributed by atoms with E-state index in [2.05, 4.69) is 19.0 Å². The van der Waals surface area contributed by atoms with Crippen LogP contribution in [0.15, 0.2) is 58.3 Å². The summed E-state index contributed by atoms with van der Waals surface area (Å²) in [6.07, 6.45) is 1.04. The molecule has 1 amide bonds. The Balaban J connectivity index is 1.70. The first-order chi connectivity index (χ1) is 13.5. The van der Waals surface area contributed by atoms with Crippen LogP contribution in [-0.2, 0) is 6.54 Å². The van der Waals surface area contributed by atoms with E-state index in [-0.39, 0.29) is 17.7 Å². The summed E-state index contributed by atoms with van der Waals surface area (Å²) >= 11 is 1.000. The number of carbonyl (C=O) groups is 1. The molecule has 4 aromatic rings. The van der Waals surface area contributed by atoms with Crippen LogP contribution in [0.5, 0.6) is 0 Å². The van der Waals surface area contributed by atoms with Crippen LogP contribution in [0.2, 0.25) is 0 Å². The van der Waals surface area contributed by atoms with E-state index in [1.807, 2.05) is 0 Å². The van der Waals surface area contributed by atoms with Crippen molar-refractivity contribution in [2.75, 3.05) is 5.32 Å². The molecular weight excluding hydrogens is 385 g/mol. The molecule has 0 fully saturated rings. The smallest absolute Gasteiger partial charge is 0.320 e. The van der Waals surface area contributed by atoms with Gasteiger partial charge >= 0.3 is 5.69 Å². The molecule has 140 valence electrons. The summed E-state index contributed by atoms with van der Waals surface area (Å²) in [5.41, 5.74) is -0.188. The molecule has 0 aliphatic carbocycles. The van der Waals surface area contributed by atoms with Crippen LogP contribution in [0.3, 0.4) is 0 Å². The van der Waals surface area contributed by atoms with Gasteiger partial charge in [-0.05, 0) is 18.2 Å². The van der Waals surface area contributed by atoms with E-state index >= 15 is 0 Å². The van der Waals surface area contributed by atoms with Crippen LogP contribution in [0, 0.1) is 5.82 Å². The molecule has 4 rings (SSSR count). The Bertz CT molecular complexity index is 1310. The lowest BCUT2D eigenvalue weighted by molar-refractivity contribution is 0.102. The molecule has 0 spiro atoms. The molecule has 0 aliphatic heterocycles. The molecular formula is C18H12FN5O3S. The van der Waals surface area contributed by atoms with Crippen LogP contribution in [0.25, 0.3) is 11.0 Å². The zero-order valence-corrected chi connectivity index (χ0v) is 15.0. The largest absolute Gasteiger partial charge is 0.328 e. The number of nitrogens with one attached hydrogen (secondary N) is 2. The van der Waals surface area contributed by atoms with Crippen LogP contribution in [0.1, 0.15) is 15.9 Å². The number of benzene rings is 2. The highest BCUT2D eigenvalue weighted by Gasteiger charge is 2.17. The molecule has 0 radical (unpaired) electrons. The van der Waals surface area contributed by atoms with Gasteiger partial charge in [-0.25, -0.2) is 9.18 Å². The van der Waals surface area contributed by atoms with Gasteiger partial charge in [0.15, 0.2) is 0 Å². The van der Waals surface area contributed by atoms with Crippen molar-refractivity contribution in [2.45, 2.75) is 6.54 Å². The first-order valence-corrected chi connectivity index (χ1v) is 8.86. The SMILES string of the molecule is O=C(Nc1cccc2nsnc12)c1c[nH]c(=O)n(Cc2ccccc2F)c1=O. The minimum Gasteiger partial charge on any atom is -0.320 e. The summed E-state index contributed by atoms with van der Waals surface area (Å²) in [6, 6.07) is 10.9. The minimum absolute atomic E-state index is 0.158. The predicted octanol–water partition coefficient (Wildman–Crippen LogP) is 1.98. The number of nitrogens with zero attached hydrogens (tertiary/aromatic N) is 3. The third-order valence-electron chi connectivity index (χ3n) is 4.13. The Kier molecular flexibility index (Phi) is 4.53. The van der Waals surface area contributed by atoms with Crippen LogP contribution < -0.4 is 16.6 Å². The maximum atomic E-state index is 13.9. The normalized spacial score (nSPS) is 10.9. The first-order valence-electron chi connectivity index (χ1n) is 8.13. The van der Waals surface area contributed by atoms with Crippen LogP contribution in [0.4, 0.5) is 10.1 Å². The van der Waals surface area contributed by atoms with Crippen molar-refractivity contribution in [3.63, 3.8) is 0 Å². The summed E-state index contributed by atoms with van der Waals surface area (Å²) in [5, 5.41) is 2.61. The number of carbonyl (C=O) groups excluding carboxylic acids is 1. The van der Waals surface area contributed by atoms with E-state index in [0.717, 1.165) is 22.5 Å². The zero-order chi connectivity index (χ0) is 19.7. The molecule has 2 aromatic heterocycles. The monoisotopic (exact) mass is 397 g/mol. The molecule has 8 nitrogen and oxygen atoms in total. The second-order valence-electron chi connectivity index (χ2n) is 5.88. The van der Waals surface area contributed by atoms with Crippen molar-refractivity contribution < 1.29 is 9.18 Å².